The van der Waals surface area contributed by atoms with Gasteiger partial charge in [0.15, 0.2) is 0 Å². The molecule has 1 rings (SSSR count). The van der Waals surface area contributed by atoms with Gasteiger partial charge in [0.2, 0.25) is 0 Å². The van der Waals surface area contributed by atoms with Gasteiger partial charge in [0.1, 0.15) is 10.8 Å². The number of thiophene rings is 1. The minimum absolute atomic E-state index is 0.120. The molecule has 0 atom stereocenters. The highest BCUT2D eigenvalue weighted by Gasteiger charge is 2.35. The highest BCUT2D eigenvalue weighted by molar-refractivity contribution is 7.91. The Labute approximate surface area is 106 Å². The molecule has 0 aliphatic heterocycles. The van der Waals surface area contributed by atoms with E-state index in [-0.39, 0.29) is 14.4 Å². The number of hydrogen-bond donors (Lipinski definition) is 0. The first kappa shape index (κ1) is 14.7. The molecule has 0 N–H and O–H groups in total. The van der Waals surface area contributed by atoms with E-state index in [1.807, 2.05) is 0 Å². The molecule has 0 aromatic carbocycles. The predicted molar refractivity (Wildman–Crippen MR) is 59.7 cm³/mol. The summed E-state index contributed by atoms with van der Waals surface area (Å²) in [5, 5.41) is 1.50. The van der Waals surface area contributed by atoms with E-state index in [2.05, 4.69) is 0 Å². The monoisotopic (exact) mass is 307 g/mol. The molecular formula is C8H9ClF3NO2S2. The Hall–Kier alpha value is -0.310. The summed E-state index contributed by atoms with van der Waals surface area (Å²) in [6, 6.07) is 1.28. The summed E-state index contributed by atoms with van der Waals surface area (Å²) < 4.78 is 59.9. The van der Waals surface area contributed by atoms with Crippen LogP contribution in [0.15, 0.2) is 15.7 Å². The molecule has 1 aromatic heterocycles. The van der Waals surface area contributed by atoms with Gasteiger partial charge in [0.25, 0.3) is 10.0 Å². The standard InChI is InChI=1S/C8H9ClF3NO2S2/c1-13(5-8(10,11)12)17(14,15)7-2-6(3-9)4-16-7/h2,4H,3,5H2,1H3. The van der Waals surface area contributed by atoms with Crippen molar-refractivity contribution in [2.45, 2.75) is 16.3 Å². The Morgan fingerprint density at radius 1 is 1.47 bits per heavy atom. The third-order valence-electron chi connectivity index (χ3n) is 1.85. The van der Waals surface area contributed by atoms with Crippen LogP contribution in [-0.2, 0) is 15.9 Å². The maximum absolute atomic E-state index is 12.1. The minimum atomic E-state index is -4.56. The minimum Gasteiger partial charge on any atom is -0.206 e. The summed E-state index contributed by atoms with van der Waals surface area (Å²) >= 11 is 6.35. The first-order valence-electron chi connectivity index (χ1n) is 4.33. The van der Waals surface area contributed by atoms with E-state index in [1.54, 1.807) is 0 Å². The topological polar surface area (TPSA) is 37.4 Å². The van der Waals surface area contributed by atoms with Crippen LogP contribution in [0.4, 0.5) is 13.2 Å². The second kappa shape index (κ2) is 5.13. The van der Waals surface area contributed by atoms with Crippen LogP contribution in [-0.4, -0.2) is 32.5 Å². The van der Waals surface area contributed by atoms with E-state index in [9.17, 15) is 21.6 Å². The van der Waals surface area contributed by atoms with Gasteiger partial charge in [-0.15, -0.1) is 22.9 Å². The SMILES string of the molecule is CN(CC(F)(F)F)S(=O)(=O)c1cc(CCl)cs1. The van der Waals surface area contributed by atoms with Crippen molar-refractivity contribution in [2.24, 2.45) is 0 Å². The molecule has 1 aromatic rings. The second-order valence-corrected chi connectivity index (χ2v) is 6.73. The number of nitrogens with zero attached hydrogens (tertiary/aromatic N) is 1. The van der Waals surface area contributed by atoms with Crippen LogP contribution < -0.4 is 0 Å². The Morgan fingerprint density at radius 3 is 2.47 bits per heavy atom. The molecule has 0 amide bonds. The molecule has 0 radical (unpaired) electrons. The number of alkyl halides is 4. The summed E-state index contributed by atoms with van der Waals surface area (Å²) in [5.74, 6) is 0.120. The third kappa shape index (κ3) is 3.84. The summed E-state index contributed by atoms with van der Waals surface area (Å²) in [6.07, 6.45) is -4.56. The van der Waals surface area contributed by atoms with E-state index >= 15 is 0 Å². The number of rotatable bonds is 4. The first-order chi connectivity index (χ1) is 7.66. The molecule has 3 nitrogen and oxygen atoms in total. The molecular weight excluding hydrogens is 299 g/mol. The average molecular weight is 308 g/mol. The van der Waals surface area contributed by atoms with Gasteiger partial charge in [-0.2, -0.15) is 17.5 Å². The summed E-state index contributed by atoms with van der Waals surface area (Å²) in [7, 11) is -3.20. The maximum atomic E-state index is 12.1. The maximum Gasteiger partial charge on any atom is 0.402 e. The van der Waals surface area contributed by atoms with E-state index in [4.69, 9.17) is 11.6 Å². The van der Waals surface area contributed by atoms with Crippen molar-refractivity contribution < 1.29 is 21.6 Å². The number of halogens is 4. The summed E-state index contributed by atoms with van der Waals surface area (Å²) in [6.45, 7) is -1.51. The molecule has 0 spiro atoms. The van der Waals surface area contributed by atoms with E-state index in [0.717, 1.165) is 18.4 Å². The molecule has 0 aliphatic carbocycles. The van der Waals surface area contributed by atoms with Crippen molar-refractivity contribution in [3.05, 3.63) is 17.0 Å². The van der Waals surface area contributed by atoms with Gasteiger partial charge in [-0.25, -0.2) is 8.42 Å². The molecule has 0 saturated carbocycles. The molecule has 9 heteroatoms. The zero-order valence-corrected chi connectivity index (χ0v) is 11.0. The Balaban J connectivity index is 2.95. The lowest BCUT2D eigenvalue weighted by Crippen LogP contribution is -2.35. The summed E-state index contributed by atoms with van der Waals surface area (Å²) in [4.78, 5) is 0. The first-order valence-corrected chi connectivity index (χ1v) is 7.18. The van der Waals surface area contributed by atoms with E-state index in [0.29, 0.717) is 5.56 Å². The Morgan fingerprint density at radius 2 is 2.06 bits per heavy atom. The normalized spacial score (nSPS) is 13.3. The molecule has 0 aliphatic rings. The third-order valence-corrected chi connectivity index (χ3v) is 5.43. The van der Waals surface area contributed by atoms with Crippen molar-refractivity contribution in [1.82, 2.24) is 4.31 Å². The Bertz CT molecular complexity index is 483. The van der Waals surface area contributed by atoms with Gasteiger partial charge in [-0.1, -0.05) is 0 Å². The quantitative estimate of drug-likeness (QED) is 0.802. The van der Waals surface area contributed by atoms with Gasteiger partial charge >= 0.3 is 6.18 Å². The molecule has 0 saturated heterocycles. The molecule has 98 valence electrons. The molecule has 0 fully saturated rings. The fourth-order valence-corrected chi connectivity index (χ4v) is 3.87. The average Bonchev–Trinajstić information content (AvgIpc) is 2.63. The predicted octanol–water partition coefficient (Wildman–Crippen LogP) is 2.67. The summed E-state index contributed by atoms with van der Waals surface area (Å²) in [5.41, 5.74) is 0.565. The lowest BCUT2D eigenvalue weighted by molar-refractivity contribution is -0.134. The highest BCUT2D eigenvalue weighted by Crippen LogP contribution is 2.26. The van der Waals surface area contributed by atoms with Crippen LogP contribution in [0.5, 0.6) is 0 Å². The lowest BCUT2D eigenvalue weighted by Gasteiger charge is -2.17. The number of hydrogen-bond acceptors (Lipinski definition) is 3. The fourth-order valence-electron chi connectivity index (χ4n) is 1.05. The van der Waals surface area contributed by atoms with Gasteiger partial charge in [0, 0.05) is 12.9 Å². The van der Waals surface area contributed by atoms with Crippen molar-refractivity contribution in [2.75, 3.05) is 13.6 Å². The van der Waals surface area contributed by atoms with Gasteiger partial charge in [-0.3, -0.25) is 0 Å². The van der Waals surface area contributed by atoms with Gasteiger partial charge in [-0.05, 0) is 17.0 Å². The zero-order valence-electron chi connectivity index (χ0n) is 8.66. The second-order valence-electron chi connectivity index (χ2n) is 3.28. The molecule has 0 bridgehead atoms. The van der Waals surface area contributed by atoms with E-state index < -0.39 is 22.7 Å². The van der Waals surface area contributed by atoms with Gasteiger partial charge in [0.05, 0.1) is 0 Å². The van der Waals surface area contributed by atoms with Crippen molar-refractivity contribution in [3.63, 3.8) is 0 Å². The lowest BCUT2D eigenvalue weighted by atomic mass is 10.4. The van der Waals surface area contributed by atoms with Crippen molar-refractivity contribution in [3.8, 4) is 0 Å². The van der Waals surface area contributed by atoms with Crippen LogP contribution in [0.2, 0.25) is 0 Å². The van der Waals surface area contributed by atoms with Gasteiger partial charge < -0.3 is 0 Å². The molecule has 17 heavy (non-hydrogen) atoms. The van der Waals surface area contributed by atoms with Crippen LogP contribution in [0.25, 0.3) is 0 Å². The van der Waals surface area contributed by atoms with Crippen LogP contribution in [0.3, 0.4) is 0 Å². The van der Waals surface area contributed by atoms with Crippen LogP contribution in [0.1, 0.15) is 5.56 Å². The van der Waals surface area contributed by atoms with Crippen molar-refractivity contribution >= 4 is 33.0 Å². The fraction of sp³-hybridized carbons (Fsp3) is 0.500. The molecule has 0 unspecified atom stereocenters. The van der Waals surface area contributed by atoms with Crippen LogP contribution >= 0.6 is 22.9 Å². The highest BCUT2D eigenvalue weighted by atomic mass is 35.5. The van der Waals surface area contributed by atoms with E-state index in [1.165, 1.54) is 11.4 Å². The van der Waals surface area contributed by atoms with Crippen molar-refractivity contribution in [1.29, 1.82) is 0 Å². The zero-order chi connectivity index (χ0) is 13.3. The smallest absolute Gasteiger partial charge is 0.206 e. The molecule has 1 heterocycles. The van der Waals surface area contributed by atoms with Crippen LogP contribution in [0, 0.1) is 0 Å². The number of sulfonamides is 1. The largest absolute Gasteiger partial charge is 0.402 e. The Kier molecular flexibility index (Phi) is 4.45.